The third kappa shape index (κ3) is 2.91. The van der Waals surface area contributed by atoms with E-state index in [-0.39, 0.29) is 5.56 Å². The van der Waals surface area contributed by atoms with Crippen LogP contribution in [0.2, 0.25) is 0 Å². The molecule has 0 radical (unpaired) electrons. The molecular formula is C9H4F2O2. The highest BCUT2D eigenvalue weighted by molar-refractivity contribution is 5.87. The monoisotopic (exact) mass is 182 g/mol. The van der Waals surface area contributed by atoms with Crippen molar-refractivity contribution in [1.29, 1.82) is 0 Å². The van der Waals surface area contributed by atoms with Crippen molar-refractivity contribution in [2.75, 3.05) is 0 Å². The highest BCUT2D eigenvalue weighted by Crippen LogP contribution is 2.06. The van der Waals surface area contributed by atoms with Crippen molar-refractivity contribution >= 4 is 5.97 Å². The van der Waals surface area contributed by atoms with Crippen molar-refractivity contribution in [3.63, 3.8) is 0 Å². The van der Waals surface area contributed by atoms with Crippen molar-refractivity contribution in [3.05, 3.63) is 35.4 Å². The Morgan fingerprint density at radius 2 is 1.77 bits per heavy atom. The average molecular weight is 182 g/mol. The van der Waals surface area contributed by atoms with Gasteiger partial charge in [-0.3, -0.25) is 0 Å². The molecule has 0 bridgehead atoms. The minimum Gasteiger partial charge on any atom is -0.472 e. The molecule has 0 aliphatic rings. The van der Waals surface area contributed by atoms with E-state index in [1.54, 1.807) is 5.92 Å². The lowest BCUT2D eigenvalue weighted by atomic mass is 10.2. The van der Waals surface area contributed by atoms with E-state index in [9.17, 15) is 13.6 Å². The summed E-state index contributed by atoms with van der Waals surface area (Å²) in [4.78, 5) is 9.98. The maximum atomic E-state index is 12.5. The molecule has 66 valence electrons. The van der Waals surface area contributed by atoms with E-state index >= 15 is 0 Å². The van der Waals surface area contributed by atoms with Gasteiger partial charge in [0.1, 0.15) is 11.6 Å². The Morgan fingerprint density at radius 3 is 2.23 bits per heavy atom. The third-order valence-electron chi connectivity index (χ3n) is 1.18. The van der Waals surface area contributed by atoms with Crippen LogP contribution in [0.15, 0.2) is 18.2 Å². The van der Waals surface area contributed by atoms with Crippen LogP contribution in [0.1, 0.15) is 5.56 Å². The van der Waals surface area contributed by atoms with Crippen molar-refractivity contribution in [3.8, 4) is 11.8 Å². The molecule has 0 amide bonds. The second-order valence-corrected chi connectivity index (χ2v) is 2.21. The van der Waals surface area contributed by atoms with Gasteiger partial charge in [-0.2, -0.15) is 0 Å². The van der Waals surface area contributed by atoms with Crippen LogP contribution in [-0.4, -0.2) is 11.1 Å². The highest BCUT2D eigenvalue weighted by atomic mass is 19.1. The molecule has 1 aromatic rings. The first kappa shape index (κ1) is 9.20. The first-order valence-corrected chi connectivity index (χ1v) is 3.29. The van der Waals surface area contributed by atoms with Gasteiger partial charge < -0.3 is 5.11 Å². The van der Waals surface area contributed by atoms with E-state index in [1.165, 1.54) is 0 Å². The van der Waals surface area contributed by atoms with Gasteiger partial charge in [0.05, 0.1) is 0 Å². The molecule has 0 heterocycles. The van der Waals surface area contributed by atoms with Crippen LogP contribution in [0.3, 0.4) is 0 Å². The van der Waals surface area contributed by atoms with Crippen molar-refractivity contribution in [2.24, 2.45) is 0 Å². The smallest absolute Gasteiger partial charge is 0.382 e. The summed E-state index contributed by atoms with van der Waals surface area (Å²) in [5, 5.41) is 8.15. The number of hydrogen-bond acceptors (Lipinski definition) is 1. The zero-order chi connectivity index (χ0) is 9.84. The first-order chi connectivity index (χ1) is 6.08. The zero-order valence-corrected chi connectivity index (χ0v) is 6.34. The van der Waals surface area contributed by atoms with Crippen LogP contribution in [0.4, 0.5) is 8.78 Å². The molecule has 0 aromatic heterocycles. The topological polar surface area (TPSA) is 37.3 Å². The lowest BCUT2D eigenvalue weighted by Gasteiger charge is -1.91. The van der Waals surface area contributed by atoms with E-state index in [0.717, 1.165) is 12.1 Å². The van der Waals surface area contributed by atoms with Crippen molar-refractivity contribution in [1.82, 2.24) is 0 Å². The summed E-state index contributed by atoms with van der Waals surface area (Å²) in [5.41, 5.74) is -0.0000926. The summed E-state index contributed by atoms with van der Waals surface area (Å²) in [7, 11) is 0. The molecule has 13 heavy (non-hydrogen) atoms. The maximum Gasteiger partial charge on any atom is 0.382 e. The third-order valence-corrected chi connectivity index (χ3v) is 1.18. The number of carboxylic acids is 1. The number of aliphatic carboxylic acids is 1. The summed E-state index contributed by atoms with van der Waals surface area (Å²) in [6, 6.07) is 2.60. The molecular weight excluding hydrogens is 178 g/mol. The lowest BCUT2D eigenvalue weighted by molar-refractivity contribution is -0.130. The van der Waals surface area contributed by atoms with E-state index in [2.05, 4.69) is 5.92 Å². The Kier molecular flexibility index (Phi) is 2.60. The van der Waals surface area contributed by atoms with Gasteiger partial charge >= 0.3 is 5.97 Å². The fourth-order valence-electron chi connectivity index (χ4n) is 0.752. The summed E-state index contributed by atoms with van der Waals surface area (Å²) < 4.78 is 25.0. The number of benzene rings is 1. The average Bonchev–Trinajstić information content (AvgIpc) is 1.99. The zero-order valence-electron chi connectivity index (χ0n) is 6.34. The Hall–Kier alpha value is -1.89. The van der Waals surface area contributed by atoms with Crippen molar-refractivity contribution in [2.45, 2.75) is 0 Å². The predicted molar refractivity (Wildman–Crippen MR) is 40.9 cm³/mol. The van der Waals surface area contributed by atoms with E-state index < -0.39 is 17.6 Å². The van der Waals surface area contributed by atoms with Crippen LogP contribution in [0.5, 0.6) is 0 Å². The fraction of sp³-hybridized carbons (Fsp3) is 0. The van der Waals surface area contributed by atoms with Crippen LogP contribution in [-0.2, 0) is 4.79 Å². The molecule has 0 aliphatic carbocycles. The maximum absolute atomic E-state index is 12.5. The normalized spacial score (nSPS) is 8.77. The van der Waals surface area contributed by atoms with Crippen molar-refractivity contribution < 1.29 is 18.7 Å². The molecule has 0 saturated carbocycles. The molecule has 1 N–H and O–H groups in total. The summed E-state index contributed by atoms with van der Waals surface area (Å²) in [6.07, 6.45) is 0. The molecule has 0 aliphatic heterocycles. The predicted octanol–water partition coefficient (Wildman–Crippen LogP) is 1.40. The van der Waals surface area contributed by atoms with Gasteiger partial charge in [-0.05, 0) is 12.1 Å². The number of rotatable bonds is 0. The quantitative estimate of drug-likeness (QED) is 0.616. The van der Waals surface area contributed by atoms with Gasteiger partial charge in [0.2, 0.25) is 0 Å². The van der Waals surface area contributed by atoms with Gasteiger partial charge in [0.15, 0.2) is 0 Å². The van der Waals surface area contributed by atoms with E-state index in [1.807, 2.05) is 0 Å². The second-order valence-electron chi connectivity index (χ2n) is 2.21. The Morgan fingerprint density at radius 1 is 1.23 bits per heavy atom. The summed E-state index contributed by atoms with van der Waals surface area (Å²) in [6.45, 7) is 0. The summed E-state index contributed by atoms with van der Waals surface area (Å²) in [5.74, 6) is 0.937. The number of halogens is 2. The van der Waals surface area contributed by atoms with Crippen LogP contribution in [0, 0.1) is 23.5 Å². The molecule has 0 saturated heterocycles. The Balaban J connectivity index is 3.04. The number of carboxylic acid groups (broad SMARTS) is 1. The van der Waals surface area contributed by atoms with Crippen LogP contribution in [0.25, 0.3) is 0 Å². The van der Waals surface area contributed by atoms with Crippen LogP contribution >= 0.6 is 0 Å². The van der Waals surface area contributed by atoms with E-state index in [4.69, 9.17) is 5.11 Å². The van der Waals surface area contributed by atoms with E-state index in [0.29, 0.717) is 6.07 Å². The Bertz CT molecular complexity index is 382. The minimum atomic E-state index is -1.34. The van der Waals surface area contributed by atoms with Crippen LogP contribution < -0.4 is 0 Å². The van der Waals surface area contributed by atoms with Gasteiger partial charge in [0, 0.05) is 17.6 Å². The first-order valence-electron chi connectivity index (χ1n) is 3.29. The molecule has 2 nitrogen and oxygen atoms in total. The van der Waals surface area contributed by atoms with Gasteiger partial charge in [0.25, 0.3) is 0 Å². The Labute approximate surface area is 72.8 Å². The largest absolute Gasteiger partial charge is 0.472 e. The molecule has 0 unspecified atom stereocenters. The van der Waals surface area contributed by atoms with Gasteiger partial charge in [-0.25, -0.2) is 13.6 Å². The molecule has 1 rings (SSSR count). The van der Waals surface area contributed by atoms with Gasteiger partial charge in [-0.1, -0.05) is 5.92 Å². The highest BCUT2D eigenvalue weighted by Gasteiger charge is 1.97. The molecule has 0 fully saturated rings. The SMILES string of the molecule is O=C(O)C#Cc1cc(F)cc(F)c1. The molecule has 0 atom stereocenters. The number of hydrogen-bond donors (Lipinski definition) is 1. The molecule has 4 heteroatoms. The molecule has 0 spiro atoms. The molecule has 1 aromatic carbocycles. The second kappa shape index (κ2) is 3.68. The summed E-state index contributed by atoms with van der Waals surface area (Å²) >= 11 is 0. The number of carbonyl (C=O) groups is 1. The standard InChI is InChI=1S/C9H4F2O2/c10-7-3-6(1-2-9(12)13)4-8(11)5-7/h3-5H,(H,12,13). The van der Waals surface area contributed by atoms with Gasteiger partial charge in [-0.15, -0.1) is 0 Å². The lowest BCUT2D eigenvalue weighted by Crippen LogP contribution is -1.88. The fourth-order valence-corrected chi connectivity index (χ4v) is 0.752. The minimum absolute atomic E-state index is 0.0000926.